The summed E-state index contributed by atoms with van der Waals surface area (Å²) in [6, 6.07) is 6.23. The van der Waals surface area contributed by atoms with Gasteiger partial charge in [0.1, 0.15) is 30.9 Å². The second-order valence-electron chi connectivity index (χ2n) is 7.62. The lowest BCUT2D eigenvalue weighted by molar-refractivity contribution is -0.155. The Labute approximate surface area is 160 Å². The number of amides is 1. The molecule has 2 aliphatic rings. The zero-order valence-electron chi connectivity index (χ0n) is 16.3. The average Bonchev–Trinajstić information content (AvgIpc) is 2.67. The van der Waals surface area contributed by atoms with Crippen molar-refractivity contribution in [2.45, 2.75) is 25.0 Å². The second kappa shape index (κ2) is 9.48. The standard InChI is InChI=1S/C20H30FN3O3/c1-22(2)11-12-23-9-7-17(8-10-23)24-13-19(27-15-20(24)25)14-26-18-5-3-16(21)4-6-18/h3-6,17,19H,7-15H2,1-2H3/t19-/m1/s1. The smallest absolute Gasteiger partial charge is 0.248 e. The van der Waals surface area contributed by atoms with E-state index in [4.69, 9.17) is 9.47 Å². The molecule has 0 N–H and O–H groups in total. The van der Waals surface area contributed by atoms with Gasteiger partial charge in [-0.2, -0.15) is 0 Å². The summed E-state index contributed by atoms with van der Waals surface area (Å²) in [6.45, 7) is 5.21. The van der Waals surface area contributed by atoms with Crippen molar-refractivity contribution >= 4 is 5.91 Å². The number of benzene rings is 1. The number of likely N-dealkylation sites (N-methyl/N-ethyl adjacent to an activating group) is 1. The molecular weight excluding hydrogens is 349 g/mol. The SMILES string of the molecule is CN(C)CCN1CCC(N2C[C@H](COc3ccc(F)cc3)OCC2=O)CC1. The molecule has 1 aromatic carbocycles. The van der Waals surface area contributed by atoms with E-state index in [1.165, 1.54) is 12.1 Å². The Balaban J connectivity index is 1.46. The van der Waals surface area contributed by atoms with Crippen LogP contribution < -0.4 is 4.74 Å². The monoisotopic (exact) mass is 379 g/mol. The van der Waals surface area contributed by atoms with Gasteiger partial charge in [-0.25, -0.2) is 4.39 Å². The van der Waals surface area contributed by atoms with E-state index in [0.717, 1.165) is 39.0 Å². The predicted octanol–water partition coefficient (Wildman–Crippen LogP) is 1.46. The molecular formula is C20H30FN3O3. The van der Waals surface area contributed by atoms with Gasteiger partial charge >= 0.3 is 0 Å². The highest BCUT2D eigenvalue weighted by molar-refractivity contribution is 5.78. The largest absolute Gasteiger partial charge is 0.491 e. The van der Waals surface area contributed by atoms with E-state index in [0.29, 0.717) is 18.9 Å². The van der Waals surface area contributed by atoms with Gasteiger partial charge in [0.05, 0.1) is 6.54 Å². The van der Waals surface area contributed by atoms with Crippen LogP contribution in [0.5, 0.6) is 5.75 Å². The molecule has 6 nitrogen and oxygen atoms in total. The molecule has 0 unspecified atom stereocenters. The molecule has 1 amide bonds. The summed E-state index contributed by atoms with van der Waals surface area (Å²) in [7, 11) is 4.18. The van der Waals surface area contributed by atoms with Gasteiger partial charge in [0.15, 0.2) is 0 Å². The Kier molecular flexibility index (Phi) is 7.04. The molecule has 3 rings (SSSR count). The van der Waals surface area contributed by atoms with Gasteiger partial charge in [0, 0.05) is 32.2 Å². The Morgan fingerprint density at radius 3 is 2.59 bits per heavy atom. The van der Waals surface area contributed by atoms with Crippen LogP contribution in [-0.2, 0) is 9.53 Å². The number of hydrogen-bond acceptors (Lipinski definition) is 5. The van der Waals surface area contributed by atoms with Crippen molar-refractivity contribution in [2.75, 3.05) is 60.0 Å². The van der Waals surface area contributed by atoms with Gasteiger partial charge in [-0.05, 0) is 51.2 Å². The van der Waals surface area contributed by atoms with Gasteiger partial charge in [0.2, 0.25) is 5.91 Å². The molecule has 2 heterocycles. The molecule has 1 aromatic rings. The van der Waals surface area contributed by atoms with Crippen LogP contribution in [-0.4, -0.2) is 92.8 Å². The number of morpholine rings is 1. The highest BCUT2D eigenvalue weighted by atomic mass is 19.1. The highest BCUT2D eigenvalue weighted by Gasteiger charge is 2.33. The topological polar surface area (TPSA) is 45.2 Å². The fraction of sp³-hybridized carbons (Fsp3) is 0.650. The minimum absolute atomic E-state index is 0.0692. The van der Waals surface area contributed by atoms with Crippen LogP contribution in [0.15, 0.2) is 24.3 Å². The maximum Gasteiger partial charge on any atom is 0.248 e. The van der Waals surface area contributed by atoms with Crippen molar-refractivity contribution < 1.29 is 18.7 Å². The van der Waals surface area contributed by atoms with Gasteiger partial charge in [-0.15, -0.1) is 0 Å². The summed E-state index contributed by atoms with van der Waals surface area (Å²) in [5.41, 5.74) is 0. The summed E-state index contributed by atoms with van der Waals surface area (Å²) < 4.78 is 24.3. The van der Waals surface area contributed by atoms with Crippen molar-refractivity contribution in [3.63, 3.8) is 0 Å². The molecule has 0 radical (unpaired) electrons. The molecule has 0 aromatic heterocycles. The molecule has 1 atom stereocenters. The van der Waals surface area contributed by atoms with Gasteiger partial charge in [0.25, 0.3) is 0 Å². The van der Waals surface area contributed by atoms with E-state index < -0.39 is 0 Å². The average molecular weight is 379 g/mol. The van der Waals surface area contributed by atoms with E-state index >= 15 is 0 Å². The van der Waals surface area contributed by atoms with Crippen LogP contribution in [0.25, 0.3) is 0 Å². The second-order valence-corrected chi connectivity index (χ2v) is 7.62. The van der Waals surface area contributed by atoms with Crippen molar-refractivity contribution in [2.24, 2.45) is 0 Å². The zero-order chi connectivity index (χ0) is 19.2. The first kappa shape index (κ1) is 20.0. The van der Waals surface area contributed by atoms with Crippen LogP contribution in [0.4, 0.5) is 4.39 Å². The van der Waals surface area contributed by atoms with Crippen LogP contribution >= 0.6 is 0 Å². The molecule has 0 saturated carbocycles. The molecule has 2 aliphatic heterocycles. The summed E-state index contributed by atoms with van der Waals surface area (Å²) in [5.74, 6) is 0.391. The normalized spacial score (nSPS) is 22.4. The lowest BCUT2D eigenvalue weighted by Crippen LogP contribution is -2.55. The van der Waals surface area contributed by atoms with Crippen LogP contribution in [0.3, 0.4) is 0 Å². The zero-order valence-corrected chi connectivity index (χ0v) is 16.3. The Bertz CT molecular complexity index is 603. The summed E-state index contributed by atoms with van der Waals surface area (Å²) in [6.07, 6.45) is 1.86. The third kappa shape index (κ3) is 5.89. The van der Waals surface area contributed by atoms with Crippen LogP contribution in [0, 0.1) is 5.82 Å². The molecule has 0 spiro atoms. The number of ether oxygens (including phenoxy) is 2. The number of likely N-dealkylation sites (tertiary alicyclic amines) is 1. The van der Waals surface area contributed by atoms with E-state index in [2.05, 4.69) is 23.9 Å². The van der Waals surface area contributed by atoms with Gasteiger partial charge in [-0.1, -0.05) is 0 Å². The minimum Gasteiger partial charge on any atom is -0.491 e. The van der Waals surface area contributed by atoms with E-state index in [9.17, 15) is 9.18 Å². The number of nitrogens with zero attached hydrogens (tertiary/aromatic N) is 3. The fourth-order valence-electron chi connectivity index (χ4n) is 3.62. The van der Waals surface area contributed by atoms with Crippen molar-refractivity contribution in [1.29, 1.82) is 0 Å². The van der Waals surface area contributed by atoms with E-state index in [1.54, 1.807) is 12.1 Å². The quantitative estimate of drug-likeness (QED) is 0.718. The molecule has 0 aliphatic carbocycles. The van der Waals surface area contributed by atoms with Crippen molar-refractivity contribution in [3.05, 3.63) is 30.1 Å². The van der Waals surface area contributed by atoms with Crippen molar-refractivity contribution in [3.8, 4) is 5.75 Å². The lowest BCUT2D eigenvalue weighted by atomic mass is 10.0. The highest BCUT2D eigenvalue weighted by Crippen LogP contribution is 2.21. The van der Waals surface area contributed by atoms with Gasteiger partial charge in [-0.3, -0.25) is 4.79 Å². The van der Waals surface area contributed by atoms with Crippen LogP contribution in [0.1, 0.15) is 12.8 Å². The summed E-state index contributed by atoms with van der Waals surface area (Å²) >= 11 is 0. The van der Waals surface area contributed by atoms with Crippen molar-refractivity contribution in [1.82, 2.24) is 14.7 Å². The molecule has 27 heavy (non-hydrogen) atoms. The number of carbonyl (C=O) groups excluding carboxylic acids is 1. The summed E-state index contributed by atoms with van der Waals surface area (Å²) in [4.78, 5) is 19.0. The Hall–Kier alpha value is -1.70. The van der Waals surface area contributed by atoms with E-state index in [-0.39, 0.29) is 30.5 Å². The maximum absolute atomic E-state index is 13.0. The van der Waals surface area contributed by atoms with Gasteiger partial charge < -0.3 is 24.2 Å². The molecule has 150 valence electrons. The number of hydrogen-bond donors (Lipinski definition) is 0. The lowest BCUT2D eigenvalue weighted by Gasteiger charge is -2.42. The molecule has 0 bridgehead atoms. The maximum atomic E-state index is 13.0. The first-order valence-corrected chi connectivity index (χ1v) is 9.68. The number of halogens is 1. The predicted molar refractivity (Wildman–Crippen MR) is 101 cm³/mol. The Morgan fingerprint density at radius 2 is 1.93 bits per heavy atom. The molecule has 7 heteroatoms. The number of rotatable bonds is 7. The van der Waals surface area contributed by atoms with E-state index in [1.807, 2.05) is 4.90 Å². The van der Waals surface area contributed by atoms with Crippen LogP contribution in [0.2, 0.25) is 0 Å². The third-order valence-corrected chi connectivity index (χ3v) is 5.27. The first-order valence-electron chi connectivity index (χ1n) is 9.68. The third-order valence-electron chi connectivity index (χ3n) is 5.27. The Morgan fingerprint density at radius 1 is 1.22 bits per heavy atom. The summed E-state index contributed by atoms with van der Waals surface area (Å²) in [5, 5.41) is 0. The first-order chi connectivity index (χ1) is 13.0. The number of carbonyl (C=O) groups is 1. The molecule has 2 fully saturated rings. The number of piperidine rings is 1. The fourth-order valence-corrected chi connectivity index (χ4v) is 3.62. The minimum atomic E-state index is -0.287. The molecule has 2 saturated heterocycles.